The molecular formula is C24H20N2O2S2. The first kappa shape index (κ1) is 20.1. The van der Waals surface area contributed by atoms with Gasteiger partial charge in [-0.25, -0.2) is 4.79 Å². The molecule has 0 saturated heterocycles. The van der Waals surface area contributed by atoms with Crippen molar-refractivity contribution in [2.24, 2.45) is 0 Å². The van der Waals surface area contributed by atoms with E-state index in [1.807, 2.05) is 54.6 Å². The van der Waals surface area contributed by atoms with E-state index in [2.05, 4.69) is 34.9 Å². The third-order valence-electron chi connectivity index (χ3n) is 4.64. The van der Waals surface area contributed by atoms with Gasteiger partial charge in [0, 0.05) is 17.0 Å². The molecule has 0 spiro atoms. The molecule has 2 N–H and O–H groups in total. The first-order valence-electron chi connectivity index (χ1n) is 9.44. The third-order valence-corrected chi connectivity index (χ3v) is 5.90. The minimum atomic E-state index is -0.387. The van der Waals surface area contributed by atoms with Crippen molar-refractivity contribution in [1.82, 2.24) is 0 Å². The number of anilines is 2. The zero-order valence-corrected chi connectivity index (χ0v) is 18.0. The highest BCUT2D eigenvalue weighted by Crippen LogP contribution is 2.31. The van der Waals surface area contributed by atoms with Crippen molar-refractivity contribution in [3.8, 4) is 0 Å². The highest BCUT2D eigenvalue weighted by Gasteiger charge is 2.18. The summed E-state index contributed by atoms with van der Waals surface area (Å²) < 4.78 is 4.95. The molecule has 0 aliphatic rings. The Morgan fingerprint density at radius 1 is 0.933 bits per heavy atom. The van der Waals surface area contributed by atoms with Crippen molar-refractivity contribution in [2.45, 2.75) is 6.42 Å². The van der Waals surface area contributed by atoms with Crippen molar-refractivity contribution in [1.29, 1.82) is 0 Å². The number of nitrogens with one attached hydrogen (secondary N) is 2. The summed E-state index contributed by atoms with van der Waals surface area (Å²) in [6.45, 7) is 0. The lowest BCUT2D eigenvalue weighted by molar-refractivity contribution is 0.0602. The molecule has 1 aromatic heterocycles. The van der Waals surface area contributed by atoms with Crippen LogP contribution in [0.15, 0.2) is 78.9 Å². The molecule has 4 aromatic rings. The zero-order valence-electron chi connectivity index (χ0n) is 16.3. The van der Waals surface area contributed by atoms with Crippen LogP contribution in [0.5, 0.6) is 0 Å². The molecule has 30 heavy (non-hydrogen) atoms. The fourth-order valence-electron chi connectivity index (χ4n) is 3.21. The summed E-state index contributed by atoms with van der Waals surface area (Å²) in [5.74, 6) is -0.387. The van der Waals surface area contributed by atoms with Gasteiger partial charge in [-0.2, -0.15) is 0 Å². The van der Waals surface area contributed by atoms with Crippen LogP contribution in [0.25, 0.3) is 10.8 Å². The van der Waals surface area contributed by atoms with Gasteiger partial charge < -0.3 is 15.4 Å². The van der Waals surface area contributed by atoms with E-state index < -0.39 is 0 Å². The molecule has 150 valence electrons. The van der Waals surface area contributed by atoms with Crippen LogP contribution in [0.3, 0.4) is 0 Å². The minimum absolute atomic E-state index is 0.387. The standard InChI is InChI=1S/C24H20N2O2S2/c1-28-23(27)21-15-20(13-16-7-3-2-4-8-16)30-22(21)26-24(29)25-19-12-11-17-9-5-6-10-18(17)14-19/h2-12,14-15H,13H2,1H3,(H2,25,26,29). The molecule has 0 fully saturated rings. The van der Waals surface area contributed by atoms with E-state index in [0.29, 0.717) is 15.7 Å². The summed E-state index contributed by atoms with van der Waals surface area (Å²) in [6.07, 6.45) is 0.738. The smallest absolute Gasteiger partial charge is 0.340 e. The molecular weight excluding hydrogens is 412 g/mol. The molecule has 3 aromatic carbocycles. The maximum Gasteiger partial charge on any atom is 0.340 e. The molecule has 0 radical (unpaired) electrons. The Kier molecular flexibility index (Phi) is 6.07. The van der Waals surface area contributed by atoms with Crippen molar-refractivity contribution < 1.29 is 9.53 Å². The Hall–Kier alpha value is -3.22. The third kappa shape index (κ3) is 4.67. The zero-order chi connectivity index (χ0) is 20.9. The van der Waals surface area contributed by atoms with Crippen LogP contribution >= 0.6 is 23.6 Å². The Balaban J connectivity index is 1.52. The van der Waals surface area contributed by atoms with Gasteiger partial charge in [0.1, 0.15) is 5.00 Å². The van der Waals surface area contributed by atoms with Crippen molar-refractivity contribution in [3.05, 3.63) is 94.9 Å². The van der Waals surface area contributed by atoms with Crippen molar-refractivity contribution in [2.75, 3.05) is 17.7 Å². The molecule has 6 heteroatoms. The van der Waals surface area contributed by atoms with Crippen LogP contribution in [0.4, 0.5) is 10.7 Å². The number of rotatable bonds is 5. The van der Waals surface area contributed by atoms with Crippen molar-refractivity contribution in [3.63, 3.8) is 0 Å². The first-order valence-corrected chi connectivity index (χ1v) is 10.7. The van der Waals surface area contributed by atoms with Crippen LogP contribution in [0, 0.1) is 0 Å². The fourth-order valence-corrected chi connectivity index (χ4v) is 4.58. The molecule has 0 bridgehead atoms. The second-order valence-corrected chi connectivity index (χ2v) is 8.30. The summed E-state index contributed by atoms with van der Waals surface area (Å²) in [5.41, 5.74) is 2.54. The van der Waals surface area contributed by atoms with E-state index in [1.165, 1.54) is 29.4 Å². The quantitative estimate of drug-likeness (QED) is 0.295. The number of thiophene rings is 1. The normalized spacial score (nSPS) is 10.6. The molecule has 0 amide bonds. The number of carbonyl (C=O) groups is 1. The predicted molar refractivity (Wildman–Crippen MR) is 129 cm³/mol. The number of methoxy groups -OCH3 is 1. The predicted octanol–water partition coefficient (Wildman–Crippen LogP) is 6.09. The number of carbonyl (C=O) groups excluding carboxylic acids is 1. The summed E-state index contributed by atoms with van der Waals surface area (Å²) in [6, 6.07) is 26.2. The SMILES string of the molecule is COC(=O)c1cc(Cc2ccccc2)sc1NC(=S)Nc1ccc2ccccc2c1. The topological polar surface area (TPSA) is 50.4 Å². The summed E-state index contributed by atoms with van der Waals surface area (Å²) in [7, 11) is 1.38. The van der Waals surface area contributed by atoms with E-state index in [1.54, 1.807) is 0 Å². The highest BCUT2D eigenvalue weighted by molar-refractivity contribution is 7.80. The van der Waals surface area contributed by atoms with E-state index in [-0.39, 0.29) is 5.97 Å². The maximum atomic E-state index is 12.3. The van der Waals surface area contributed by atoms with Gasteiger partial charge in [-0.1, -0.05) is 60.7 Å². The molecule has 0 aliphatic heterocycles. The largest absolute Gasteiger partial charge is 0.465 e. The van der Waals surface area contributed by atoms with E-state index in [4.69, 9.17) is 17.0 Å². The van der Waals surface area contributed by atoms with Gasteiger partial charge in [-0.3, -0.25) is 0 Å². The average molecular weight is 433 g/mol. The summed E-state index contributed by atoms with van der Waals surface area (Å²) in [4.78, 5) is 13.3. The second kappa shape index (κ2) is 9.07. The van der Waals surface area contributed by atoms with Gasteiger partial charge in [-0.05, 0) is 46.8 Å². The monoisotopic (exact) mass is 432 g/mol. The van der Waals surface area contributed by atoms with Crippen LogP contribution in [0.1, 0.15) is 20.8 Å². The first-order chi connectivity index (χ1) is 14.6. The number of hydrogen-bond donors (Lipinski definition) is 2. The van der Waals surface area contributed by atoms with E-state index in [9.17, 15) is 4.79 Å². The fraction of sp³-hybridized carbons (Fsp3) is 0.0833. The molecule has 4 nitrogen and oxygen atoms in total. The Bertz CT molecular complexity index is 1200. The average Bonchev–Trinajstić information content (AvgIpc) is 3.15. The number of fused-ring (bicyclic) bond motifs is 1. The maximum absolute atomic E-state index is 12.3. The van der Waals surface area contributed by atoms with Crippen LogP contribution in [0.2, 0.25) is 0 Å². The van der Waals surface area contributed by atoms with Crippen LogP contribution in [-0.4, -0.2) is 18.2 Å². The van der Waals surface area contributed by atoms with E-state index in [0.717, 1.165) is 22.4 Å². The number of ether oxygens (including phenoxy) is 1. The number of hydrogen-bond acceptors (Lipinski definition) is 4. The summed E-state index contributed by atoms with van der Waals surface area (Å²) in [5, 5.41) is 9.75. The van der Waals surface area contributed by atoms with Gasteiger partial charge in [0.2, 0.25) is 0 Å². The Labute approximate surface area is 184 Å². The van der Waals surface area contributed by atoms with Crippen LogP contribution in [-0.2, 0) is 11.2 Å². The molecule has 1 heterocycles. The summed E-state index contributed by atoms with van der Waals surface area (Å²) >= 11 is 6.99. The van der Waals surface area contributed by atoms with Gasteiger partial charge in [-0.15, -0.1) is 11.3 Å². The van der Waals surface area contributed by atoms with E-state index >= 15 is 0 Å². The minimum Gasteiger partial charge on any atom is -0.465 e. The second-order valence-electron chi connectivity index (χ2n) is 6.75. The number of thiocarbonyl (C=S) groups is 1. The van der Waals surface area contributed by atoms with Crippen molar-refractivity contribution >= 4 is 56.1 Å². The Morgan fingerprint density at radius 3 is 2.43 bits per heavy atom. The van der Waals surface area contributed by atoms with Crippen LogP contribution < -0.4 is 10.6 Å². The lowest BCUT2D eigenvalue weighted by atomic mass is 10.1. The van der Waals surface area contributed by atoms with Gasteiger partial charge >= 0.3 is 5.97 Å². The number of esters is 1. The Morgan fingerprint density at radius 2 is 1.67 bits per heavy atom. The number of benzene rings is 3. The molecule has 4 rings (SSSR count). The lowest BCUT2D eigenvalue weighted by Gasteiger charge is -2.11. The van der Waals surface area contributed by atoms with Gasteiger partial charge in [0.15, 0.2) is 5.11 Å². The van der Waals surface area contributed by atoms with Gasteiger partial charge in [0.05, 0.1) is 12.7 Å². The molecule has 0 unspecified atom stereocenters. The molecule has 0 atom stereocenters. The molecule has 0 aliphatic carbocycles. The highest BCUT2D eigenvalue weighted by atomic mass is 32.1. The molecule has 0 saturated carbocycles. The lowest BCUT2D eigenvalue weighted by Crippen LogP contribution is -2.19. The van der Waals surface area contributed by atoms with Gasteiger partial charge in [0.25, 0.3) is 0 Å².